The summed E-state index contributed by atoms with van der Waals surface area (Å²) in [5.74, 6) is -0.756. The number of Topliss-reactive ketones (excluding diaryl/α,β-unsaturated/α-hetero) is 1. The lowest BCUT2D eigenvalue weighted by atomic mass is 10.1. The maximum absolute atomic E-state index is 12.9. The molecule has 1 aromatic heterocycles. The molecule has 34 heavy (non-hydrogen) atoms. The van der Waals surface area contributed by atoms with Crippen molar-refractivity contribution in [2.75, 3.05) is 31.3 Å². The Labute approximate surface area is 197 Å². The van der Waals surface area contributed by atoms with Crippen LogP contribution >= 0.6 is 0 Å². The van der Waals surface area contributed by atoms with Crippen molar-refractivity contribution in [3.05, 3.63) is 90.2 Å². The molecule has 4 aromatic rings. The molecule has 1 heterocycles. The standard InChI is InChI=1S/C25H23N3O5S/c1-28(2)34(31,32)19-12-8-9-17(15-19)21(29)16-26-23-20-13-6-7-14-22(20)33-24(23)25(30)27-18-10-4-3-5-11-18/h3-15,26H,16H2,1-2H3,(H,27,30). The van der Waals surface area contributed by atoms with Crippen molar-refractivity contribution >= 4 is 44.1 Å². The summed E-state index contributed by atoms with van der Waals surface area (Å²) in [6.45, 7) is -0.166. The van der Waals surface area contributed by atoms with Gasteiger partial charge in [0.2, 0.25) is 15.8 Å². The van der Waals surface area contributed by atoms with E-state index in [4.69, 9.17) is 4.42 Å². The first-order valence-electron chi connectivity index (χ1n) is 10.4. The first-order valence-corrected chi connectivity index (χ1v) is 11.9. The van der Waals surface area contributed by atoms with E-state index in [9.17, 15) is 18.0 Å². The van der Waals surface area contributed by atoms with Crippen LogP contribution in [0.4, 0.5) is 11.4 Å². The summed E-state index contributed by atoms with van der Waals surface area (Å²) in [5, 5.41) is 6.45. The number of nitrogens with zero attached hydrogens (tertiary/aromatic N) is 1. The van der Waals surface area contributed by atoms with E-state index in [0.29, 0.717) is 22.3 Å². The Kier molecular flexibility index (Phi) is 6.49. The molecule has 0 aliphatic heterocycles. The highest BCUT2D eigenvalue weighted by Gasteiger charge is 2.22. The molecular weight excluding hydrogens is 454 g/mol. The van der Waals surface area contributed by atoms with Gasteiger partial charge in [0.05, 0.1) is 17.1 Å². The predicted molar refractivity (Wildman–Crippen MR) is 131 cm³/mol. The van der Waals surface area contributed by atoms with Gasteiger partial charge in [-0.05, 0) is 36.4 Å². The van der Waals surface area contributed by atoms with E-state index < -0.39 is 15.9 Å². The van der Waals surface area contributed by atoms with Crippen molar-refractivity contribution in [2.45, 2.75) is 4.90 Å². The molecule has 0 aliphatic carbocycles. The third-order valence-electron chi connectivity index (χ3n) is 5.19. The zero-order valence-corrected chi connectivity index (χ0v) is 19.4. The van der Waals surface area contributed by atoms with Gasteiger partial charge in [-0.25, -0.2) is 12.7 Å². The van der Waals surface area contributed by atoms with Gasteiger partial charge in [-0.15, -0.1) is 0 Å². The number of ketones is 1. The van der Waals surface area contributed by atoms with Gasteiger partial charge >= 0.3 is 0 Å². The number of carbonyl (C=O) groups excluding carboxylic acids is 2. The van der Waals surface area contributed by atoms with Crippen LogP contribution in [0.25, 0.3) is 11.0 Å². The summed E-state index contributed by atoms with van der Waals surface area (Å²) in [6.07, 6.45) is 0. The molecule has 2 N–H and O–H groups in total. The van der Waals surface area contributed by atoms with E-state index in [0.717, 1.165) is 4.31 Å². The Morgan fingerprint density at radius 2 is 1.62 bits per heavy atom. The van der Waals surface area contributed by atoms with Crippen molar-refractivity contribution in [1.29, 1.82) is 0 Å². The van der Waals surface area contributed by atoms with E-state index in [1.807, 2.05) is 6.07 Å². The second-order valence-corrected chi connectivity index (χ2v) is 9.87. The van der Waals surface area contributed by atoms with Gasteiger partial charge in [0.15, 0.2) is 5.78 Å². The number of hydrogen-bond acceptors (Lipinski definition) is 6. The first kappa shape index (κ1) is 23.2. The number of rotatable bonds is 8. The zero-order chi connectivity index (χ0) is 24.3. The van der Waals surface area contributed by atoms with Gasteiger partial charge in [-0.3, -0.25) is 9.59 Å². The lowest BCUT2D eigenvalue weighted by Crippen LogP contribution is -2.23. The number of amides is 1. The van der Waals surface area contributed by atoms with E-state index in [2.05, 4.69) is 10.6 Å². The molecule has 8 nitrogen and oxygen atoms in total. The average Bonchev–Trinajstić information content (AvgIpc) is 3.22. The normalized spacial score (nSPS) is 11.5. The molecule has 0 saturated carbocycles. The summed E-state index contributed by atoms with van der Waals surface area (Å²) in [6, 6.07) is 21.9. The van der Waals surface area contributed by atoms with Crippen LogP contribution in [0, 0.1) is 0 Å². The van der Waals surface area contributed by atoms with Gasteiger partial charge in [0.25, 0.3) is 5.91 Å². The summed E-state index contributed by atoms with van der Waals surface area (Å²) in [5.41, 5.74) is 1.72. The van der Waals surface area contributed by atoms with Crippen molar-refractivity contribution in [1.82, 2.24) is 4.31 Å². The molecule has 0 atom stereocenters. The lowest BCUT2D eigenvalue weighted by Gasteiger charge is -2.12. The fraction of sp³-hybridized carbons (Fsp3) is 0.120. The fourth-order valence-corrected chi connectivity index (χ4v) is 4.35. The highest BCUT2D eigenvalue weighted by atomic mass is 32.2. The molecule has 4 rings (SSSR count). The molecule has 0 bridgehead atoms. The third kappa shape index (κ3) is 4.70. The maximum Gasteiger partial charge on any atom is 0.293 e. The average molecular weight is 478 g/mol. The topological polar surface area (TPSA) is 109 Å². The second kappa shape index (κ2) is 9.50. The Morgan fingerprint density at radius 1 is 0.912 bits per heavy atom. The van der Waals surface area contributed by atoms with Crippen LogP contribution in [0.2, 0.25) is 0 Å². The number of para-hydroxylation sites is 2. The number of benzene rings is 3. The number of nitrogens with one attached hydrogen (secondary N) is 2. The smallest absolute Gasteiger partial charge is 0.293 e. The molecule has 0 fully saturated rings. The highest BCUT2D eigenvalue weighted by molar-refractivity contribution is 7.89. The number of carbonyl (C=O) groups is 2. The Bertz CT molecular complexity index is 1460. The second-order valence-electron chi connectivity index (χ2n) is 7.71. The minimum absolute atomic E-state index is 0.0278. The van der Waals surface area contributed by atoms with Crippen LogP contribution in [0.3, 0.4) is 0 Å². The predicted octanol–water partition coefficient (Wildman–Crippen LogP) is 4.23. The number of sulfonamides is 1. The molecule has 0 saturated heterocycles. The SMILES string of the molecule is CN(C)S(=O)(=O)c1cccc(C(=O)CNc2c(C(=O)Nc3ccccc3)oc3ccccc23)c1. The molecular formula is C25H23N3O5S. The van der Waals surface area contributed by atoms with Crippen LogP contribution in [-0.4, -0.2) is 45.1 Å². The van der Waals surface area contributed by atoms with Crippen molar-refractivity contribution in [3.8, 4) is 0 Å². The van der Waals surface area contributed by atoms with E-state index in [1.54, 1.807) is 54.6 Å². The summed E-state index contributed by atoms with van der Waals surface area (Å²) < 4.78 is 31.7. The summed E-state index contributed by atoms with van der Waals surface area (Å²) in [4.78, 5) is 25.9. The maximum atomic E-state index is 12.9. The van der Waals surface area contributed by atoms with Crippen LogP contribution in [0.15, 0.2) is 88.2 Å². The van der Waals surface area contributed by atoms with E-state index in [1.165, 1.54) is 32.3 Å². The van der Waals surface area contributed by atoms with Gasteiger partial charge in [0, 0.05) is 30.7 Å². The number of hydrogen-bond donors (Lipinski definition) is 2. The number of fused-ring (bicyclic) bond motifs is 1. The number of furan rings is 1. The zero-order valence-electron chi connectivity index (χ0n) is 18.6. The van der Waals surface area contributed by atoms with Crippen LogP contribution in [-0.2, 0) is 10.0 Å². The quantitative estimate of drug-likeness (QED) is 0.368. The third-order valence-corrected chi connectivity index (χ3v) is 7.00. The van der Waals surface area contributed by atoms with Crippen molar-refractivity contribution in [3.63, 3.8) is 0 Å². The minimum Gasteiger partial charge on any atom is -0.449 e. The van der Waals surface area contributed by atoms with Gasteiger partial charge in [0.1, 0.15) is 5.58 Å². The molecule has 9 heteroatoms. The van der Waals surface area contributed by atoms with Gasteiger partial charge in [-0.1, -0.05) is 42.5 Å². The van der Waals surface area contributed by atoms with Crippen LogP contribution in [0.5, 0.6) is 0 Å². The molecule has 174 valence electrons. The molecule has 3 aromatic carbocycles. The highest BCUT2D eigenvalue weighted by Crippen LogP contribution is 2.31. The Balaban J connectivity index is 1.60. The lowest BCUT2D eigenvalue weighted by molar-refractivity contribution is 0.0990. The Hall–Kier alpha value is -3.95. The van der Waals surface area contributed by atoms with E-state index >= 15 is 0 Å². The first-order chi connectivity index (χ1) is 16.3. The van der Waals surface area contributed by atoms with Crippen molar-refractivity contribution in [2.24, 2.45) is 0 Å². The minimum atomic E-state index is -3.67. The van der Waals surface area contributed by atoms with Crippen LogP contribution in [0.1, 0.15) is 20.9 Å². The van der Waals surface area contributed by atoms with Crippen LogP contribution < -0.4 is 10.6 Å². The molecule has 0 unspecified atom stereocenters. The molecule has 0 spiro atoms. The van der Waals surface area contributed by atoms with Crippen molar-refractivity contribution < 1.29 is 22.4 Å². The summed E-state index contributed by atoms with van der Waals surface area (Å²) in [7, 11) is -0.819. The number of anilines is 2. The van der Waals surface area contributed by atoms with Gasteiger partial charge < -0.3 is 15.1 Å². The van der Waals surface area contributed by atoms with Gasteiger partial charge in [-0.2, -0.15) is 0 Å². The molecule has 1 amide bonds. The largest absolute Gasteiger partial charge is 0.449 e. The molecule has 0 radical (unpaired) electrons. The molecule has 0 aliphatic rings. The van der Waals surface area contributed by atoms with E-state index in [-0.39, 0.29) is 28.5 Å². The monoisotopic (exact) mass is 477 g/mol. The fourth-order valence-electron chi connectivity index (χ4n) is 3.40. The Morgan fingerprint density at radius 3 is 2.35 bits per heavy atom. The summed E-state index contributed by atoms with van der Waals surface area (Å²) >= 11 is 0.